The molecule has 3 atom stereocenters. The second kappa shape index (κ2) is 5.13. The van der Waals surface area contributed by atoms with Crippen molar-refractivity contribution in [2.24, 2.45) is 17.6 Å². The zero-order valence-corrected chi connectivity index (χ0v) is 13.8. The minimum atomic E-state index is 0.204. The lowest BCUT2D eigenvalue weighted by Gasteiger charge is -2.27. The predicted octanol–water partition coefficient (Wildman–Crippen LogP) is 2.78. The molecule has 2 saturated carbocycles. The highest BCUT2D eigenvalue weighted by Gasteiger charge is 2.40. The van der Waals surface area contributed by atoms with E-state index in [1.165, 1.54) is 19.3 Å². The van der Waals surface area contributed by atoms with Crippen molar-refractivity contribution >= 4 is 21.8 Å². The fourth-order valence-corrected chi connectivity index (χ4v) is 4.50. The molecule has 2 aliphatic carbocycles. The molecular formula is C16H22BrN3O. The van der Waals surface area contributed by atoms with E-state index in [4.69, 9.17) is 5.73 Å². The molecule has 3 aliphatic rings. The maximum absolute atomic E-state index is 12.9. The topological polar surface area (TPSA) is 51.3 Å². The van der Waals surface area contributed by atoms with Gasteiger partial charge in [-0.2, -0.15) is 0 Å². The standard InChI is InChI=1S/C16H22BrN3O/c17-12-6-15(20(9-12)14-3-4-14)16(21)19-7-10-1-2-13(18)5-11(10)8-19/h6,9-11,13-14H,1-5,7-8,18H2/t10-,11+,13?/m1/s1. The van der Waals surface area contributed by atoms with Crippen molar-refractivity contribution in [1.29, 1.82) is 0 Å². The third-order valence-corrected chi connectivity index (χ3v) is 5.79. The van der Waals surface area contributed by atoms with E-state index in [1.807, 2.05) is 6.07 Å². The lowest BCUT2D eigenvalue weighted by molar-refractivity contribution is 0.0773. The summed E-state index contributed by atoms with van der Waals surface area (Å²) in [6.07, 6.45) is 7.84. The van der Waals surface area contributed by atoms with Crippen LogP contribution >= 0.6 is 15.9 Å². The van der Waals surface area contributed by atoms with E-state index in [9.17, 15) is 4.79 Å². The first kappa shape index (κ1) is 13.8. The molecule has 4 nitrogen and oxygen atoms in total. The highest BCUT2D eigenvalue weighted by atomic mass is 79.9. The smallest absolute Gasteiger partial charge is 0.270 e. The Bertz CT molecular complexity index is 566. The molecule has 0 bridgehead atoms. The lowest BCUT2D eigenvalue weighted by atomic mass is 9.79. The zero-order valence-electron chi connectivity index (χ0n) is 12.2. The molecule has 2 heterocycles. The number of hydrogen-bond donors (Lipinski definition) is 1. The molecule has 1 aromatic heterocycles. The van der Waals surface area contributed by atoms with Crippen LogP contribution in [0.1, 0.15) is 48.6 Å². The van der Waals surface area contributed by atoms with Crippen molar-refractivity contribution < 1.29 is 4.79 Å². The van der Waals surface area contributed by atoms with Gasteiger partial charge < -0.3 is 15.2 Å². The maximum atomic E-state index is 12.9. The number of rotatable bonds is 2. The molecule has 3 fully saturated rings. The first-order valence-electron chi connectivity index (χ1n) is 8.04. The monoisotopic (exact) mass is 351 g/mol. The van der Waals surface area contributed by atoms with Crippen LogP contribution in [0.5, 0.6) is 0 Å². The molecule has 0 spiro atoms. The van der Waals surface area contributed by atoms with Crippen LogP contribution in [0.2, 0.25) is 0 Å². The van der Waals surface area contributed by atoms with Crippen LogP contribution < -0.4 is 5.73 Å². The van der Waals surface area contributed by atoms with Crippen molar-refractivity contribution in [1.82, 2.24) is 9.47 Å². The average molecular weight is 352 g/mol. The van der Waals surface area contributed by atoms with E-state index < -0.39 is 0 Å². The Kier molecular flexibility index (Phi) is 3.38. The number of carbonyl (C=O) groups excluding carboxylic acids is 1. The van der Waals surface area contributed by atoms with Crippen molar-refractivity contribution in [3.63, 3.8) is 0 Å². The molecule has 2 N–H and O–H groups in total. The minimum Gasteiger partial charge on any atom is -0.339 e. The van der Waals surface area contributed by atoms with Gasteiger partial charge in [-0.1, -0.05) is 0 Å². The quantitative estimate of drug-likeness (QED) is 0.890. The van der Waals surface area contributed by atoms with E-state index in [1.54, 1.807) is 0 Å². The summed E-state index contributed by atoms with van der Waals surface area (Å²) in [5, 5.41) is 0. The molecule has 1 saturated heterocycles. The fourth-order valence-electron chi connectivity index (χ4n) is 4.07. The Morgan fingerprint density at radius 1 is 1.19 bits per heavy atom. The Hall–Kier alpha value is -0.810. The molecule has 1 unspecified atom stereocenters. The van der Waals surface area contributed by atoms with Crippen molar-refractivity contribution in [2.45, 2.75) is 44.2 Å². The van der Waals surface area contributed by atoms with E-state index in [2.05, 4.69) is 31.6 Å². The number of nitrogens with two attached hydrogens (primary N) is 1. The molecule has 1 aliphatic heterocycles. The van der Waals surface area contributed by atoms with Crippen molar-refractivity contribution in [3.8, 4) is 0 Å². The summed E-state index contributed by atoms with van der Waals surface area (Å²) in [6, 6.07) is 2.85. The maximum Gasteiger partial charge on any atom is 0.270 e. The van der Waals surface area contributed by atoms with Crippen LogP contribution in [0.25, 0.3) is 0 Å². The molecule has 21 heavy (non-hydrogen) atoms. The summed E-state index contributed by atoms with van der Waals surface area (Å²) >= 11 is 3.52. The summed E-state index contributed by atoms with van der Waals surface area (Å²) in [5.41, 5.74) is 6.94. The van der Waals surface area contributed by atoms with Gasteiger partial charge in [0.2, 0.25) is 0 Å². The Morgan fingerprint density at radius 3 is 2.71 bits per heavy atom. The van der Waals surface area contributed by atoms with Crippen LogP contribution in [-0.2, 0) is 0 Å². The summed E-state index contributed by atoms with van der Waals surface area (Å²) in [5.74, 6) is 1.49. The van der Waals surface area contributed by atoms with Gasteiger partial charge in [0.1, 0.15) is 5.69 Å². The second-order valence-corrected chi connectivity index (χ2v) is 7.90. The third kappa shape index (κ3) is 2.55. The molecule has 0 radical (unpaired) electrons. The van der Waals surface area contributed by atoms with Crippen LogP contribution in [0.4, 0.5) is 0 Å². The number of carbonyl (C=O) groups is 1. The average Bonchev–Trinajstić information content (AvgIpc) is 3.10. The third-order valence-electron chi connectivity index (χ3n) is 5.35. The Labute approximate surface area is 133 Å². The molecule has 0 aromatic carbocycles. The fraction of sp³-hybridized carbons (Fsp3) is 0.688. The Balaban J connectivity index is 1.53. The van der Waals surface area contributed by atoms with Gasteiger partial charge in [-0.25, -0.2) is 0 Å². The number of nitrogens with zero attached hydrogens (tertiary/aromatic N) is 2. The number of aromatic nitrogens is 1. The van der Waals surface area contributed by atoms with Crippen LogP contribution in [0.3, 0.4) is 0 Å². The zero-order chi connectivity index (χ0) is 14.6. The number of likely N-dealkylation sites (tertiary alicyclic amines) is 1. The second-order valence-electron chi connectivity index (χ2n) is 6.99. The van der Waals surface area contributed by atoms with Crippen LogP contribution in [-0.4, -0.2) is 34.5 Å². The van der Waals surface area contributed by atoms with Crippen molar-refractivity contribution in [3.05, 3.63) is 22.4 Å². The summed E-state index contributed by atoms with van der Waals surface area (Å²) in [4.78, 5) is 15.0. The first-order chi connectivity index (χ1) is 10.1. The van der Waals surface area contributed by atoms with Gasteiger partial charge in [0.05, 0.1) is 0 Å². The highest BCUT2D eigenvalue weighted by molar-refractivity contribution is 9.10. The highest BCUT2D eigenvalue weighted by Crippen LogP contribution is 2.39. The summed E-state index contributed by atoms with van der Waals surface area (Å²) < 4.78 is 3.18. The van der Waals surface area contributed by atoms with Gasteiger partial charge >= 0.3 is 0 Å². The van der Waals surface area contributed by atoms with Gasteiger partial charge in [-0.15, -0.1) is 0 Å². The molecule has 1 aromatic rings. The van der Waals surface area contributed by atoms with Gasteiger partial charge in [0.15, 0.2) is 0 Å². The minimum absolute atomic E-state index is 0.204. The first-order valence-corrected chi connectivity index (χ1v) is 8.83. The summed E-state index contributed by atoms with van der Waals surface area (Å²) in [7, 11) is 0. The van der Waals surface area contributed by atoms with Gasteiger partial charge in [0.25, 0.3) is 5.91 Å². The van der Waals surface area contributed by atoms with Crippen LogP contribution in [0.15, 0.2) is 16.7 Å². The number of fused-ring (bicyclic) bond motifs is 1. The molecule has 4 rings (SSSR count). The van der Waals surface area contributed by atoms with E-state index in [-0.39, 0.29) is 5.91 Å². The molecule has 1 amide bonds. The number of hydrogen-bond acceptors (Lipinski definition) is 2. The molecule has 5 heteroatoms. The molecule has 114 valence electrons. The van der Waals surface area contributed by atoms with Gasteiger partial charge in [0, 0.05) is 35.8 Å². The normalized spacial score (nSPS) is 32.3. The van der Waals surface area contributed by atoms with Crippen LogP contribution in [0, 0.1) is 11.8 Å². The Morgan fingerprint density at radius 2 is 1.95 bits per heavy atom. The van der Waals surface area contributed by atoms with Gasteiger partial charge in [-0.3, -0.25) is 4.79 Å². The van der Waals surface area contributed by atoms with E-state index >= 15 is 0 Å². The largest absolute Gasteiger partial charge is 0.339 e. The van der Waals surface area contributed by atoms with Gasteiger partial charge in [-0.05, 0) is 65.9 Å². The van der Waals surface area contributed by atoms with E-state index in [0.29, 0.717) is 23.9 Å². The summed E-state index contributed by atoms with van der Waals surface area (Å²) in [6.45, 7) is 1.81. The van der Waals surface area contributed by atoms with E-state index in [0.717, 1.165) is 36.1 Å². The van der Waals surface area contributed by atoms with Crippen molar-refractivity contribution in [2.75, 3.05) is 13.1 Å². The molecular weight excluding hydrogens is 330 g/mol. The number of halogens is 1. The SMILES string of the molecule is NC1CC[C@@H]2CN(C(=O)c3cc(Br)cn3C3CC3)C[C@@H]2C1. The number of amides is 1. The predicted molar refractivity (Wildman–Crippen MR) is 85.1 cm³/mol. The lowest BCUT2D eigenvalue weighted by Crippen LogP contribution is -2.32.